The highest BCUT2D eigenvalue weighted by Crippen LogP contribution is 2.21. The van der Waals surface area contributed by atoms with E-state index < -0.39 is 0 Å². The molecule has 2 rings (SSSR count). The first-order chi connectivity index (χ1) is 8.29. The first-order valence-electron chi connectivity index (χ1n) is 5.30. The van der Waals surface area contributed by atoms with Crippen molar-refractivity contribution in [2.75, 3.05) is 7.11 Å². The lowest BCUT2D eigenvalue weighted by atomic mass is 10.2. The number of ether oxygens (including phenoxy) is 2. The molecule has 0 saturated heterocycles. The standard InChI is InChI=1S/C14H13BrO2/c1-16-14-5-3-2-4-11(14)10-17-13-8-6-12(15)7-9-13/h2-9H,10H2,1H3. The number of methoxy groups -OCH3 is 1. The summed E-state index contributed by atoms with van der Waals surface area (Å²) in [4.78, 5) is 0. The van der Waals surface area contributed by atoms with Gasteiger partial charge in [0, 0.05) is 10.0 Å². The summed E-state index contributed by atoms with van der Waals surface area (Å²) in [6.45, 7) is 0.506. The molecule has 0 atom stereocenters. The van der Waals surface area contributed by atoms with E-state index >= 15 is 0 Å². The molecule has 0 saturated carbocycles. The van der Waals surface area contributed by atoms with Gasteiger partial charge in [-0.15, -0.1) is 0 Å². The number of benzene rings is 2. The monoisotopic (exact) mass is 292 g/mol. The Bertz CT molecular complexity index is 480. The van der Waals surface area contributed by atoms with E-state index in [4.69, 9.17) is 9.47 Å². The highest BCUT2D eigenvalue weighted by Gasteiger charge is 2.02. The molecule has 0 aliphatic rings. The van der Waals surface area contributed by atoms with Crippen molar-refractivity contribution in [3.8, 4) is 11.5 Å². The van der Waals surface area contributed by atoms with E-state index in [0.29, 0.717) is 6.61 Å². The van der Waals surface area contributed by atoms with Crippen LogP contribution in [0.1, 0.15) is 5.56 Å². The lowest BCUT2D eigenvalue weighted by Crippen LogP contribution is -1.98. The first-order valence-corrected chi connectivity index (χ1v) is 6.09. The van der Waals surface area contributed by atoms with Crippen molar-refractivity contribution in [1.29, 1.82) is 0 Å². The second-order valence-corrected chi connectivity index (χ2v) is 4.47. The van der Waals surface area contributed by atoms with Crippen LogP contribution >= 0.6 is 15.9 Å². The van der Waals surface area contributed by atoms with E-state index in [2.05, 4.69) is 15.9 Å². The maximum atomic E-state index is 5.69. The quantitative estimate of drug-likeness (QED) is 0.847. The molecule has 2 nitrogen and oxygen atoms in total. The van der Waals surface area contributed by atoms with Crippen molar-refractivity contribution in [1.82, 2.24) is 0 Å². The molecule has 2 aromatic carbocycles. The molecule has 0 amide bonds. The summed E-state index contributed by atoms with van der Waals surface area (Å²) in [6.07, 6.45) is 0. The number of hydrogen-bond donors (Lipinski definition) is 0. The second-order valence-electron chi connectivity index (χ2n) is 3.55. The van der Waals surface area contributed by atoms with Crippen LogP contribution in [0.25, 0.3) is 0 Å². The Hall–Kier alpha value is -1.48. The third-order valence-corrected chi connectivity index (χ3v) is 2.93. The molecule has 0 aliphatic heterocycles. The van der Waals surface area contributed by atoms with Gasteiger partial charge >= 0.3 is 0 Å². The van der Waals surface area contributed by atoms with Crippen LogP contribution in [0.2, 0.25) is 0 Å². The van der Waals surface area contributed by atoms with Crippen LogP contribution in [0.5, 0.6) is 11.5 Å². The fourth-order valence-corrected chi connectivity index (χ4v) is 1.78. The van der Waals surface area contributed by atoms with Crippen molar-refractivity contribution in [2.45, 2.75) is 6.61 Å². The van der Waals surface area contributed by atoms with Crippen molar-refractivity contribution >= 4 is 15.9 Å². The summed E-state index contributed by atoms with van der Waals surface area (Å²) in [5, 5.41) is 0. The summed E-state index contributed by atoms with van der Waals surface area (Å²) in [6, 6.07) is 15.6. The molecule has 0 bridgehead atoms. The van der Waals surface area contributed by atoms with Crippen LogP contribution in [-0.4, -0.2) is 7.11 Å². The molecule has 88 valence electrons. The van der Waals surface area contributed by atoms with Crippen LogP contribution < -0.4 is 9.47 Å². The van der Waals surface area contributed by atoms with Gasteiger partial charge in [0.15, 0.2) is 0 Å². The zero-order chi connectivity index (χ0) is 12.1. The molecule has 0 N–H and O–H groups in total. The topological polar surface area (TPSA) is 18.5 Å². The summed E-state index contributed by atoms with van der Waals surface area (Å²) in [5.41, 5.74) is 1.04. The van der Waals surface area contributed by atoms with Crippen LogP contribution in [0.4, 0.5) is 0 Å². The minimum atomic E-state index is 0.506. The molecule has 0 spiro atoms. The molecule has 2 aromatic rings. The first kappa shape index (κ1) is 12.0. The molecule has 0 unspecified atom stereocenters. The minimum Gasteiger partial charge on any atom is -0.496 e. The van der Waals surface area contributed by atoms with Gasteiger partial charge in [0.1, 0.15) is 18.1 Å². The Balaban J connectivity index is 2.04. The van der Waals surface area contributed by atoms with Gasteiger partial charge in [-0.3, -0.25) is 0 Å². The van der Waals surface area contributed by atoms with E-state index in [1.165, 1.54) is 0 Å². The molecule has 0 heterocycles. The molecular formula is C14H13BrO2. The van der Waals surface area contributed by atoms with Crippen molar-refractivity contribution in [3.05, 3.63) is 58.6 Å². The van der Waals surface area contributed by atoms with E-state index in [-0.39, 0.29) is 0 Å². The van der Waals surface area contributed by atoms with Crippen LogP contribution in [-0.2, 0) is 6.61 Å². The van der Waals surface area contributed by atoms with Gasteiger partial charge in [0.2, 0.25) is 0 Å². The molecule has 0 radical (unpaired) electrons. The highest BCUT2D eigenvalue weighted by atomic mass is 79.9. The smallest absolute Gasteiger partial charge is 0.125 e. The Labute approximate surface area is 109 Å². The molecular weight excluding hydrogens is 280 g/mol. The fourth-order valence-electron chi connectivity index (χ4n) is 1.51. The van der Waals surface area contributed by atoms with Gasteiger partial charge in [-0.2, -0.15) is 0 Å². The number of hydrogen-bond acceptors (Lipinski definition) is 2. The van der Waals surface area contributed by atoms with Crippen molar-refractivity contribution in [2.24, 2.45) is 0 Å². The summed E-state index contributed by atoms with van der Waals surface area (Å²) in [7, 11) is 1.67. The lowest BCUT2D eigenvalue weighted by Gasteiger charge is -2.09. The Morgan fingerprint density at radius 2 is 1.71 bits per heavy atom. The van der Waals surface area contributed by atoms with Crippen LogP contribution in [0.3, 0.4) is 0 Å². The predicted octanol–water partition coefficient (Wildman–Crippen LogP) is 4.04. The Morgan fingerprint density at radius 3 is 2.41 bits per heavy atom. The second kappa shape index (κ2) is 5.73. The van der Waals surface area contributed by atoms with Crippen LogP contribution in [0, 0.1) is 0 Å². The third kappa shape index (κ3) is 3.24. The van der Waals surface area contributed by atoms with Gasteiger partial charge in [-0.25, -0.2) is 0 Å². The van der Waals surface area contributed by atoms with Gasteiger partial charge in [0.05, 0.1) is 7.11 Å². The fraction of sp³-hybridized carbons (Fsp3) is 0.143. The average molecular weight is 293 g/mol. The summed E-state index contributed by atoms with van der Waals surface area (Å²) >= 11 is 3.39. The van der Waals surface area contributed by atoms with Crippen molar-refractivity contribution in [3.63, 3.8) is 0 Å². The van der Waals surface area contributed by atoms with E-state index in [1.807, 2.05) is 48.5 Å². The highest BCUT2D eigenvalue weighted by molar-refractivity contribution is 9.10. The maximum Gasteiger partial charge on any atom is 0.125 e. The largest absolute Gasteiger partial charge is 0.496 e. The zero-order valence-corrected chi connectivity index (χ0v) is 11.1. The van der Waals surface area contributed by atoms with Gasteiger partial charge < -0.3 is 9.47 Å². The molecule has 17 heavy (non-hydrogen) atoms. The Kier molecular flexibility index (Phi) is 4.04. The Morgan fingerprint density at radius 1 is 1.00 bits per heavy atom. The predicted molar refractivity (Wildman–Crippen MR) is 71.5 cm³/mol. The zero-order valence-electron chi connectivity index (χ0n) is 9.52. The van der Waals surface area contributed by atoms with Gasteiger partial charge in [0.25, 0.3) is 0 Å². The SMILES string of the molecule is COc1ccccc1COc1ccc(Br)cc1. The third-order valence-electron chi connectivity index (χ3n) is 2.40. The number of rotatable bonds is 4. The van der Waals surface area contributed by atoms with E-state index in [0.717, 1.165) is 21.5 Å². The average Bonchev–Trinajstić information content (AvgIpc) is 2.38. The summed E-state index contributed by atoms with van der Waals surface area (Å²) < 4.78 is 12.0. The van der Waals surface area contributed by atoms with Crippen molar-refractivity contribution < 1.29 is 9.47 Å². The molecule has 0 aromatic heterocycles. The van der Waals surface area contributed by atoms with E-state index in [1.54, 1.807) is 7.11 Å². The maximum absolute atomic E-state index is 5.69. The summed E-state index contributed by atoms with van der Waals surface area (Å²) in [5.74, 6) is 1.70. The lowest BCUT2D eigenvalue weighted by molar-refractivity contribution is 0.296. The van der Waals surface area contributed by atoms with E-state index in [9.17, 15) is 0 Å². The van der Waals surface area contributed by atoms with Crippen LogP contribution in [0.15, 0.2) is 53.0 Å². The number of para-hydroxylation sites is 1. The van der Waals surface area contributed by atoms with Gasteiger partial charge in [-0.1, -0.05) is 34.1 Å². The molecule has 0 fully saturated rings. The number of halogens is 1. The van der Waals surface area contributed by atoms with Gasteiger partial charge in [-0.05, 0) is 30.3 Å². The molecule has 3 heteroatoms. The normalized spacial score (nSPS) is 10.0. The molecule has 0 aliphatic carbocycles. The minimum absolute atomic E-state index is 0.506.